The Morgan fingerprint density at radius 3 is 2.75 bits per heavy atom. The topological polar surface area (TPSA) is 36.4 Å². The molecule has 108 valence electrons. The third-order valence-electron chi connectivity index (χ3n) is 4.46. The van der Waals surface area contributed by atoms with Crippen LogP contribution < -0.4 is 0 Å². The Morgan fingerprint density at radius 2 is 2.05 bits per heavy atom. The SMILES string of the molecule is Cc1ccc(C(=O)N2CCC[C@H]2CN2CCCC2)cn1. The molecule has 0 unspecified atom stereocenters. The van der Waals surface area contributed by atoms with Gasteiger partial charge in [-0.05, 0) is 57.8 Å². The molecule has 0 aliphatic carbocycles. The molecular weight excluding hydrogens is 250 g/mol. The smallest absolute Gasteiger partial charge is 0.255 e. The highest BCUT2D eigenvalue weighted by atomic mass is 16.2. The van der Waals surface area contributed by atoms with Crippen molar-refractivity contribution in [3.8, 4) is 0 Å². The lowest BCUT2D eigenvalue weighted by Gasteiger charge is -2.28. The summed E-state index contributed by atoms with van der Waals surface area (Å²) in [6.45, 7) is 6.28. The summed E-state index contributed by atoms with van der Waals surface area (Å²) in [5.74, 6) is 0.152. The first kappa shape index (κ1) is 13.6. The van der Waals surface area contributed by atoms with Gasteiger partial charge >= 0.3 is 0 Å². The molecular formula is C16H23N3O. The van der Waals surface area contributed by atoms with Gasteiger partial charge in [0.15, 0.2) is 0 Å². The first-order valence-electron chi connectivity index (χ1n) is 7.70. The Morgan fingerprint density at radius 1 is 1.25 bits per heavy atom. The van der Waals surface area contributed by atoms with Crippen molar-refractivity contribution < 1.29 is 4.79 Å². The number of pyridine rings is 1. The molecule has 3 rings (SSSR count). The number of carbonyl (C=O) groups is 1. The molecule has 1 amide bonds. The number of hydrogen-bond donors (Lipinski definition) is 0. The van der Waals surface area contributed by atoms with Gasteiger partial charge in [-0.25, -0.2) is 0 Å². The Kier molecular flexibility index (Phi) is 4.01. The van der Waals surface area contributed by atoms with Gasteiger partial charge in [-0.1, -0.05) is 0 Å². The Labute approximate surface area is 120 Å². The van der Waals surface area contributed by atoms with E-state index in [0.717, 1.165) is 37.2 Å². The van der Waals surface area contributed by atoms with Crippen LogP contribution in [0.2, 0.25) is 0 Å². The molecule has 0 saturated carbocycles. The summed E-state index contributed by atoms with van der Waals surface area (Å²) in [5, 5.41) is 0. The summed E-state index contributed by atoms with van der Waals surface area (Å²) in [4.78, 5) is 21.4. The fourth-order valence-corrected chi connectivity index (χ4v) is 3.32. The average Bonchev–Trinajstić information content (AvgIpc) is 3.11. The van der Waals surface area contributed by atoms with Gasteiger partial charge in [0.2, 0.25) is 0 Å². The van der Waals surface area contributed by atoms with Crippen molar-refractivity contribution in [2.24, 2.45) is 0 Å². The highest BCUT2D eigenvalue weighted by molar-refractivity contribution is 5.94. The lowest BCUT2D eigenvalue weighted by Crippen LogP contribution is -2.42. The van der Waals surface area contributed by atoms with Crippen LogP contribution in [0.15, 0.2) is 18.3 Å². The van der Waals surface area contributed by atoms with Gasteiger partial charge in [-0.15, -0.1) is 0 Å². The minimum Gasteiger partial charge on any atom is -0.334 e. The summed E-state index contributed by atoms with van der Waals surface area (Å²) in [5.41, 5.74) is 1.68. The van der Waals surface area contributed by atoms with Crippen molar-refractivity contribution in [3.63, 3.8) is 0 Å². The van der Waals surface area contributed by atoms with Crippen LogP contribution in [-0.4, -0.2) is 52.9 Å². The van der Waals surface area contributed by atoms with Crippen LogP contribution in [0.25, 0.3) is 0 Å². The Bertz CT molecular complexity index is 465. The van der Waals surface area contributed by atoms with Crippen LogP contribution >= 0.6 is 0 Å². The molecule has 2 saturated heterocycles. The molecule has 4 heteroatoms. The molecule has 2 fully saturated rings. The van der Waals surface area contributed by atoms with Crippen molar-refractivity contribution in [2.45, 2.75) is 38.6 Å². The first-order chi connectivity index (χ1) is 9.74. The molecule has 0 N–H and O–H groups in total. The molecule has 0 bridgehead atoms. The monoisotopic (exact) mass is 273 g/mol. The fourth-order valence-electron chi connectivity index (χ4n) is 3.32. The number of hydrogen-bond acceptors (Lipinski definition) is 3. The summed E-state index contributed by atoms with van der Waals surface area (Å²) in [6.07, 6.45) is 6.60. The van der Waals surface area contributed by atoms with E-state index in [1.165, 1.54) is 25.9 Å². The maximum Gasteiger partial charge on any atom is 0.255 e. The summed E-state index contributed by atoms with van der Waals surface area (Å²) >= 11 is 0. The van der Waals surface area contributed by atoms with E-state index in [0.29, 0.717) is 6.04 Å². The minimum absolute atomic E-state index is 0.152. The van der Waals surface area contributed by atoms with Gasteiger partial charge in [-0.3, -0.25) is 9.78 Å². The molecule has 2 aliphatic rings. The normalized spacial score (nSPS) is 23.4. The van der Waals surface area contributed by atoms with Gasteiger partial charge < -0.3 is 9.80 Å². The average molecular weight is 273 g/mol. The van der Waals surface area contributed by atoms with Crippen LogP contribution in [-0.2, 0) is 0 Å². The maximum absolute atomic E-state index is 12.6. The highest BCUT2D eigenvalue weighted by Crippen LogP contribution is 2.22. The number of likely N-dealkylation sites (tertiary alicyclic amines) is 2. The highest BCUT2D eigenvalue weighted by Gasteiger charge is 2.31. The molecule has 2 aliphatic heterocycles. The van der Waals surface area contributed by atoms with Gasteiger partial charge in [0.1, 0.15) is 0 Å². The third-order valence-corrected chi connectivity index (χ3v) is 4.46. The van der Waals surface area contributed by atoms with E-state index >= 15 is 0 Å². The number of rotatable bonds is 3. The van der Waals surface area contributed by atoms with Gasteiger partial charge in [0.05, 0.1) is 5.56 Å². The summed E-state index contributed by atoms with van der Waals surface area (Å²) < 4.78 is 0. The van der Waals surface area contributed by atoms with Gasteiger partial charge in [-0.2, -0.15) is 0 Å². The zero-order valence-corrected chi connectivity index (χ0v) is 12.2. The second-order valence-corrected chi connectivity index (χ2v) is 5.99. The van der Waals surface area contributed by atoms with Crippen molar-refractivity contribution in [1.29, 1.82) is 0 Å². The van der Waals surface area contributed by atoms with E-state index in [2.05, 4.69) is 14.8 Å². The second-order valence-electron chi connectivity index (χ2n) is 5.99. The number of amides is 1. The predicted octanol–water partition coefficient (Wildman–Crippen LogP) is 2.09. The van der Waals surface area contributed by atoms with E-state index in [1.807, 2.05) is 19.1 Å². The van der Waals surface area contributed by atoms with Crippen molar-refractivity contribution >= 4 is 5.91 Å². The number of nitrogens with zero attached hydrogens (tertiary/aromatic N) is 3. The zero-order valence-electron chi connectivity index (χ0n) is 12.2. The van der Waals surface area contributed by atoms with E-state index in [1.54, 1.807) is 6.20 Å². The van der Waals surface area contributed by atoms with Crippen LogP contribution in [0.5, 0.6) is 0 Å². The zero-order chi connectivity index (χ0) is 13.9. The van der Waals surface area contributed by atoms with Crippen LogP contribution in [0, 0.1) is 6.92 Å². The van der Waals surface area contributed by atoms with E-state index < -0.39 is 0 Å². The van der Waals surface area contributed by atoms with E-state index in [9.17, 15) is 4.79 Å². The van der Waals surface area contributed by atoms with Crippen LogP contribution in [0.3, 0.4) is 0 Å². The second kappa shape index (κ2) is 5.92. The molecule has 1 aromatic heterocycles. The minimum atomic E-state index is 0.152. The quantitative estimate of drug-likeness (QED) is 0.846. The molecule has 0 radical (unpaired) electrons. The number of aromatic nitrogens is 1. The van der Waals surface area contributed by atoms with Crippen molar-refractivity contribution in [3.05, 3.63) is 29.6 Å². The summed E-state index contributed by atoms with van der Waals surface area (Å²) in [6, 6.07) is 4.20. The lowest BCUT2D eigenvalue weighted by molar-refractivity contribution is 0.0708. The third kappa shape index (κ3) is 2.85. The van der Waals surface area contributed by atoms with Gasteiger partial charge in [0.25, 0.3) is 5.91 Å². The molecule has 0 spiro atoms. The molecule has 3 heterocycles. The van der Waals surface area contributed by atoms with E-state index in [4.69, 9.17) is 0 Å². The molecule has 20 heavy (non-hydrogen) atoms. The predicted molar refractivity (Wildman–Crippen MR) is 78.7 cm³/mol. The fraction of sp³-hybridized carbons (Fsp3) is 0.625. The standard InChI is InChI=1S/C16H23N3O/c1-13-6-7-14(11-17-13)16(20)19-10-4-5-15(19)12-18-8-2-3-9-18/h6-7,11,15H,2-5,8-10,12H2,1H3/t15-/m0/s1. The van der Waals surface area contributed by atoms with Crippen LogP contribution in [0.4, 0.5) is 0 Å². The molecule has 1 aromatic rings. The lowest BCUT2D eigenvalue weighted by atomic mass is 10.2. The van der Waals surface area contributed by atoms with E-state index in [-0.39, 0.29) is 5.91 Å². The molecule has 0 aromatic carbocycles. The Balaban J connectivity index is 1.67. The van der Waals surface area contributed by atoms with Crippen LogP contribution in [0.1, 0.15) is 41.7 Å². The molecule has 1 atom stereocenters. The van der Waals surface area contributed by atoms with Crippen molar-refractivity contribution in [2.75, 3.05) is 26.2 Å². The maximum atomic E-state index is 12.6. The Hall–Kier alpha value is -1.42. The summed E-state index contributed by atoms with van der Waals surface area (Å²) in [7, 11) is 0. The largest absolute Gasteiger partial charge is 0.334 e. The van der Waals surface area contributed by atoms with Gasteiger partial charge in [0, 0.05) is 31.0 Å². The number of aryl methyl sites for hydroxylation is 1. The van der Waals surface area contributed by atoms with Crippen molar-refractivity contribution in [1.82, 2.24) is 14.8 Å². The molecule has 4 nitrogen and oxygen atoms in total. The first-order valence-corrected chi connectivity index (χ1v) is 7.70. The number of carbonyl (C=O) groups excluding carboxylic acids is 1.